The second-order valence-electron chi connectivity index (χ2n) is 6.70. The van der Waals surface area contributed by atoms with E-state index in [1.807, 2.05) is 32.0 Å². The Labute approximate surface area is 157 Å². The third kappa shape index (κ3) is 2.93. The predicted molar refractivity (Wildman–Crippen MR) is 102 cm³/mol. The summed E-state index contributed by atoms with van der Waals surface area (Å²) in [6, 6.07) is 11.1. The van der Waals surface area contributed by atoms with Gasteiger partial charge in [-0.1, -0.05) is 18.2 Å². The van der Waals surface area contributed by atoms with E-state index in [1.54, 1.807) is 18.2 Å². The van der Waals surface area contributed by atoms with Crippen LogP contribution in [0.4, 0.5) is 5.69 Å². The number of rotatable bonds is 3. The number of likely N-dealkylation sites (N-methyl/N-ethyl adjacent to an activating group) is 1. The number of hydrogen-bond acceptors (Lipinski definition) is 5. The normalized spacial score (nSPS) is 16.2. The van der Waals surface area contributed by atoms with Gasteiger partial charge in [-0.05, 0) is 42.7 Å². The summed E-state index contributed by atoms with van der Waals surface area (Å²) in [7, 11) is 1.49. The molecule has 4 rings (SSSR count). The number of aryl methyl sites for hydroxylation is 2. The molecular formula is C21H20N2O4. The molecule has 0 radical (unpaired) electrons. The molecule has 0 atom stereocenters. The van der Waals surface area contributed by atoms with E-state index in [4.69, 9.17) is 9.47 Å². The molecule has 2 aliphatic rings. The summed E-state index contributed by atoms with van der Waals surface area (Å²) < 4.78 is 11.1. The summed E-state index contributed by atoms with van der Waals surface area (Å²) in [6.45, 7) is 4.99. The van der Waals surface area contributed by atoms with Gasteiger partial charge in [-0.15, -0.1) is 0 Å². The number of anilines is 1. The van der Waals surface area contributed by atoms with Gasteiger partial charge in [0.1, 0.15) is 18.9 Å². The summed E-state index contributed by atoms with van der Waals surface area (Å²) >= 11 is 0. The maximum atomic E-state index is 12.7. The highest BCUT2D eigenvalue weighted by Crippen LogP contribution is 2.35. The zero-order valence-corrected chi connectivity index (χ0v) is 15.5. The lowest BCUT2D eigenvalue weighted by molar-refractivity contribution is -0.135. The van der Waals surface area contributed by atoms with E-state index >= 15 is 0 Å². The summed E-state index contributed by atoms with van der Waals surface area (Å²) in [6.07, 6.45) is 0. The average Bonchev–Trinajstić information content (AvgIpc) is 2.88. The van der Waals surface area contributed by atoms with Crippen molar-refractivity contribution in [2.24, 2.45) is 0 Å². The Bertz CT molecular complexity index is 994. The summed E-state index contributed by atoms with van der Waals surface area (Å²) in [5.74, 6) is 0.609. The lowest BCUT2D eigenvalue weighted by atomic mass is 9.99. The van der Waals surface area contributed by atoms with Gasteiger partial charge in [-0.2, -0.15) is 0 Å². The molecule has 6 heteroatoms. The van der Waals surface area contributed by atoms with Gasteiger partial charge in [-0.3, -0.25) is 14.5 Å². The van der Waals surface area contributed by atoms with Crippen molar-refractivity contribution >= 4 is 23.1 Å². The van der Waals surface area contributed by atoms with Crippen LogP contribution in [0.2, 0.25) is 0 Å². The molecule has 2 amide bonds. The lowest BCUT2D eigenvalue weighted by Gasteiger charge is -2.19. The molecule has 1 N–H and O–H groups in total. The third-order valence-electron chi connectivity index (χ3n) is 4.89. The fourth-order valence-corrected chi connectivity index (χ4v) is 3.19. The molecule has 2 aliphatic heterocycles. The Morgan fingerprint density at radius 1 is 0.889 bits per heavy atom. The monoisotopic (exact) mass is 364 g/mol. The van der Waals surface area contributed by atoms with E-state index in [0.717, 1.165) is 21.6 Å². The standard InChI is InChI=1S/C21H20N2O4/c1-12-4-5-14(10-13(12)2)18-19(21(25)23(3)20(18)24)22-15-6-7-16-17(11-15)27-9-8-26-16/h4-7,10-11,22H,8-9H2,1-3H3. The van der Waals surface area contributed by atoms with Crippen LogP contribution in [0.25, 0.3) is 5.57 Å². The van der Waals surface area contributed by atoms with Crippen LogP contribution in [-0.2, 0) is 9.59 Å². The van der Waals surface area contributed by atoms with Gasteiger partial charge in [0.15, 0.2) is 11.5 Å². The van der Waals surface area contributed by atoms with E-state index in [1.165, 1.54) is 7.05 Å². The van der Waals surface area contributed by atoms with Crippen LogP contribution < -0.4 is 14.8 Å². The Balaban J connectivity index is 1.76. The smallest absolute Gasteiger partial charge is 0.277 e. The van der Waals surface area contributed by atoms with Crippen molar-refractivity contribution in [3.63, 3.8) is 0 Å². The van der Waals surface area contributed by atoms with Gasteiger partial charge < -0.3 is 14.8 Å². The highest BCUT2D eigenvalue weighted by atomic mass is 16.6. The molecule has 0 aliphatic carbocycles. The number of fused-ring (bicyclic) bond motifs is 1. The Morgan fingerprint density at radius 2 is 1.63 bits per heavy atom. The maximum Gasteiger partial charge on any atom is 0.277 e. The topological polar surface area (TPSA) is 67.9 Å². The van der Waals surface area contributed by atoms with Crippen LogP contribution in [0, 0.1) is 13.8 Å². The third-order valence-corrected chi connectivity index (χ3v) is 4.89. The number of carbonyl (C=O) groups excluding carboxylic acids is 2. The van der Waals surface area contributed by atoms with Crippen LogP contribution in [0.1, 0.15) is 16.7 Å². The molecule has 0 bridgehead atoms. The van der Waals surface area contributed by atoms with Crippen LogP contribution in [0.3, 0.4) is 0 Å². The van der Waals surface area contributed by atoms with E-state index in [2.05, 4.69) is 5.32 Å². The number of nitrogens with one attached hydrogen (secondary N) is 1. The zero-order chi connectivity index (χ0) is 19.1. The van der Waals surface area contributed by atoms with E-state index < -0.39 is 0 Å². The van der Waals surface area contributed by atoms with E-state index in [9.17, 15) is 9.59 Å². The number of amides is 2. The Morgan fingerprint density at radius 3 is 2.37 bits per heavy atom. The molecule has 2 heterocycles. The van der Waals surface area contributed by atoms with Crippen LogP contribution in [-0.4, -0.2) is 37.0 Å². The lowest BCUT2D eigenvalue weighted by Crippen LogP contribution is -2.27. The summed E-state index contributed by atoms with van der Waals surface area (Å²) in [5, 5.41) is 3.12. The quantitative estimate of drug-likeness (QED) is 0.849. The fraction of sp³-hybridized carbons (Fsp3) is 0.238. The van der Waals surface area contributed by atoms with Gasteiger partial charge in [0.2, 0.25) is 0 Å². The summed E-state index contributed by atoms with van der Waals surface area (Å²) in [4.78, 5) is 26.5. The molecule has 0 saturated carbocycles. The summed E-state index contributed by atoms with van der Waals surface area (Å²) in [5.41, 5.74) is 4.22. The number of nitrogens with zero attached hydrogens (tertiary/aromatic N) is 1. The highest BCUT2D eigenvalue weighted by Gasteiger charge is 2.37. The Hall–Kier alpha value is -3.28. The van der Waals surface area contributed by atoms with Gasteiger partial charge in [0, 0.05) is 18.8 Å². The van der Waals surface area contributed by atoms with Crippen molar-refractivity contribution in [1.29, 1.82) is 0 Å². The van der Waals surface area contributed by atoms with Gasteiger partial charge in [0.25, 0.3) is 11.8 Å². The number of imide groups is 1. The fourth-order valence-electron chi connectivity index (χ4n) is 3.19. The molecule has 0 aromatic heterocycles. The van der Waals surface area contributed by atoms with Crippen molar-refractivity contribution in [3.8, 4) is 11.5 Å². The Kier molecular flexibility index (Phi) is 4.11. The van der Waals surface area contributed by atoms with Crippen molar-refractivity contribution in [1.82, 2.24) is 4.90 Å². The molecule has 0 saturated heterocycles. The molecule has 0 unspecified atom stereocenters. The van der Waals surface area contributed by atoms with Crippen molar-refractivity contribution < 1.29 is 19.1 Å². The zero-order valence-electron chi connectivity index (χ0n) is 15.5. The van der Waals surface area contributed by atoms with E-state index in [-0.39, 0.29) is 17.5 Å². The molecule has 2 aromatic rings. The largest absolute Gasteiger partial charge is 0.486 e. The first-order valence-electron chi connectivity index (χ1n) is 8.76. The molecule has 138 valence electrons. The average molecular weight is 364 g/mol. The molecular weight excluding hydrogens is 344 g/mol. The van der Waals surface area contributed by atoms with Gasteiger partial charge in [0.05, 0.1) is 5.57 Å². The second kappa shape index (κ2) is 6.46. The number of ether oxygens (including phenoxy) is 2. The number of benzene rings is 2. The number of hydrogen-bond donors (Lipinski definition) is 1. The van der Waals surface area contributed by atoms with Crippen molar-refractivity contribution in [3.05, 3.63) is 58.8 Å². The SMILES string of the molecule is Cc1ccc(C2=C(Nc3ccc4c(c3)OCCO4)C(=O)N(C)C2=O)cc1C. The first kappa shape index (κ1) is 17.1. The molecule has 27 heavy (non-hydrogen) atoms. The van der Waals surface area contributed by atoms with Crippen LogP contribution in [0.5, 0.6) is 11.5 Å². The maximum absolute atomic E-state index is 12.7. The molecule has 2 aromatic carbocycles. The second-order valence-corrected chi connectivity index (χ2v) is 6.70. The molecule has 0 fully saturated rings. The van der Waals surface area contributed by atoms with Gasteiger partial charge >= 0.3 is 0 Å². The molecule has 0 spiro atoms. The van der Waals surface area contributed by atoms with Crippen molar-refractivity contribution in [2.75, 3.05) is 25.6 Å². The minimum Gasteiger partial charge on any atom is -0.486 e. The first-order valence-corrected chi connectivity index (χ1v) is 8.76. The first-order chi connectivity index (χ1) is 13.0. The van der Waals surface area contributed by atoms with Crippen LogP contribution >= 0.6 is 0 Å². The molecule has 6 nitrogen and oxygen atoms in total. The van der Waals surface area contributed by atoms with Crippen LogP contribution in [0.15, 0.2) is 42.1 Å². The predicted octanol–water partition coefficient (Wildman–Crippen LogP) is 2.90. The minimum atomic E-state index is -0.358. The van der Waals surface area contributed by atoms with Gasteiger partial charge in [-0.25, -0.2) is 0 Å². The minimum absolute atomic E-state index is 0.266. The van der Waals surface area contributed by atoms with Crippen molar-refractivity contribution in [2.45, 2.75) is 13.8 Å². The highest BCUT2D eigenvalue weighted by molar-refractivity contribution is 6.36. The van der Waals surface area contributed by atoms with E-state index in [0.29, 0.717) is 36.0 Å². The number of carbonyl (C=O) groups is 2.